The molecule has 1 aliphatic rings. The van der Waals surface area contributed by atoms with Crippen LogP contribution in [0.2, 0.25) is 0 Å². The van der Waals surface area contributed by atoms with Crippen molar-refractivity contribution in [1.82, 2.24) is 9.47 Å². The van der Waals surface area contributed by atoms with Crippen LogP contribution in [-0.4, -0.2) is 61.2 Å². The summed E-state index contributed by atoms with van der Waals surface area (Å²) in [6.45, 7) is 1.73. The van der Waals surface area contributed by atoms with E-state index in [9.17, 15) is 23.3 Å². The number of piperazine rings is 1. The van der Waals surface area contributed by atoms with Crippen LogP contribution in [0.4, 0.5) is 11.4 Å². The van der Waals surface area contributed by atoms with Gasteiger partial charge in [0.15, 0.2) is 9.84 Å². The first-order valence-electron chi connectivity index (χ1n) is 10.5. The van der Waals surface area contributed by atoms with Crippen molar-refractivity contribution in [3.63, 3.8) is 0 Å². The monoisotopic (exact) mass is 468 g/mol. The number of rotatable bonds is 6. The van der Waals surface area contributed by atoms with Crippen molar-refractivity contribution in [2.45, 2.75) is 11.3 Å². The maximum Gasteiger partial charge on any atom is 0.293 e. The molecule has 0 saturated carbocycles. The van der Waals surface area contributed by atoms with Crippen LogP contribution in [0.5, 0.6) is 0 Å². The number of nitrogens with zero attached hydrogens (tertiary/aromatic N) is 4. The first-order valence-corrected chi connectivity index (χ1v) is 12.3. The van der Waals surface area contributed by atoms with Gasteiger partial charge >= 0.3 is 0 Å². The SMILES string of the molecule is CS(=O)(=O)c1ccc(N2CCN(C(=O)Cc3ccc(-n4cccc4)cc3)CC2)c([N+](=O)[O-])c1. The Bertz CT molecular complexity index is 1260. The van der Waals surface area contributed by atoms with E-state index in [1.165, 1.54) is 12.1 Å². The fraction of sp³-hybridized carbons (Fsp3) is 0.261. The molecule has 1 fully saturated rings. The van der Waals surface area contributed by atoms with Gasteiger partial charge in [0.2, 0.25) is 5.91 Å². The number of carbonyl (C=O) groups excluding carboxylic acids is 1. The van der Waals surface area contributed by atoms with E-state index in [-0.39, 0.29) is 22.9 Å². The van der Waals surface area contributed by atoms with Gasteiger partial charge in [0.25, 0.3) is 5.69 Å². The molecule has 0 atom stereocenters. The maximum absolute atomic E-state index is 12.8. The lowest BCUT2D eigenvalue weighted by Gasteiger charge is -2.36. The summed E-state index contributed by atoms with van der Waals surface area (Å²) in [7, 11) is -3.55. The molecule has 1 saturated heterocycles. The van der Waals surface area contributed by atoms with E-state index in [4.69, 9.17) is 0 Å². The number of benzene rings is 2. The minimum absolute atomic E-state index is 0.00490. The summed E-state index contributed by atoms with van der Waals surface area (Å²) in [5, 5.41) is 11.5. The first-order chi connectivity index (χ1) is 15.7. The summed E-state index contributed by atoms with van der Waals surface area (Å²) in [5.41, 5.74) is 2.05. The molecule has 0 bridgehead atoms. The summed E-state index contributed by atoms with van der Waals surface area (Å²) in [4.78, 5) is 27.2. The summed E-state index contributed by atoms with van der Waals surface area (Å²) >= 11 is 0. The van der Waals surface area contributed by atoms with Crippen molar-refractivity contribution in [3.8, 4) is 5.69 Å². The Morgan fingerprint density at radius 3 is 2.21 bits per heavy atom. The molecule has 3 aromatic rings. The van der Waals surface area contributed by atoms with Crippen molar-refractivity contribution in [2.75, 3.05) is 37.3 Å². The number of sulfone groups is 1. The van der Waals surface area contributed by atoms with Gasteiger partial charge in [-0.05, 0) is 42.0 Å². The molecule has 2 heterocycles. The summed E-state index contributed by atoms with van der Waals surface area (Å²) in [6, 6.07) is 15.7. The van der Waals surface area contributed by atoms with Gasteiger partial charge in [-0.1, -0.05) is 12.1 Å². The zero-order valence-corrected chi connectivity index (χ0v) is 18.9. The van der Waals surface area contributed by atoms with Crippen LogP contribution in [0.25, 0.3) is 5.69 Å². The van der Waals surface area contributed by atoms with Crippen molar-refractivity contribution < 1.29 is 18.1 Å². The molecule has 10 heteroatoms. The summed E-state index contributed by atoms with van der Waals surface area (Å²) in [6.07, 6.45) is 5.22. The third kappa shape index (κ3) is 5.06. The third-order valence-corrected chi connectivity index (χ3v) is 6.85. The molecule has 33 heavy (non-hydrogen) atoms. The molecule has 0 radical (unpaired) electrons. The first kappa shape index (κ1) is 22.5. The minimum Gasteiger partial charge on any atom is -0.362 e. The van der Waals surface area contributed by atoms with Gasteiger partial charge in [0.1, 0.15) is 5.69 Å². The number of hydrogen-bond donors (Lipinski definition) is 0. The van der Waals surface area contributed by atoms with E-state index in [1.54, 1.807) is 4.90 Å². The average Bonchev–Trinajstić information content (AvgIpc) is 3.33. The normalized spacial score (nSPS) is 14.3. The lowest BCUT2D eigenvalue weighted by atomic mass is 10.1. The molecule has 0 aliphatic carbocycles. The van der Waals surface area contributed by atoms with Crippen LogP contribution in [0.3, 0.4) is 0 Å². The fourth-order valence-corrected chi connectivity index (χ4v) is 4.56. The molecule has 1 aromatic heterocycles. The predicted molar refractivity (Wildman–Crippen MR) is 124 cm³/mol. The second-order valence-corrected chi connectivity index (χ2v) is 10.00. The zero-order chi connectivity index (χ0) is 23.6. The number of nitro groups is 1. The van der Waals surface area contributed by atoms with Crippen molar-refractivity contribution in [1.29, 1.82) is 0 Å². The number of nitro benzene ring substituents is 1. The molecule has 2 aromatic carbocycles. The smallest absolute Gasteiger partial charge is 0.293 e. The van der Waals surface area contributed by atoms with Gasteiger partial charge in [0.05, 0.1) is 16.2 Å². The fourth-order valence-electron chi connectivity index (χ4n) is 3.92. The second-order valence-electron chi connectivity index (χ2n) is 7.98. The van der Waals surface area contributed by atoms with Crippen molar-refractivity contribution in [3.05, 3.63) is 82.7 Å². The topological polar surface area (TPSA) is 106 Å². The number of aromatic nitrogens is 1. The van der Waals surface area contributed by atoms with Gasteiger partial charge in [-0.25, -0.2) is 8.42 Å². The molecule has 0 N–H and O–H groups in total. The van der Waals surface area contributed by atoms with Crippen LogP contribution in [0, 0.1) is 10.1 Å². The summed E-state index contributed by atoms with van der Waals surface area (Å²) in [5.74, 6) is 0.00490. The second kappa shape index (κ2) is 9.07. The molecule has 4 rings (SSSR count). The minimum atomic E-state index is -3.55. The highest BCUT2D eigenvalue weighted by Gasteiger charge is 2.27. The molecule has 9 nitrogen and oxygen atoms in total. The van der Waals surface area contributed by atoms with E-state index in [1.807, 2.05) is 58.3 Å². The van der Waals surface area contributed by atoms with E-state index in [2.05, 4.69) is 0 Å². The molecular formula is C23H24N4O5S. The number of hydrogen-bond acceptors (Lipinski definition) is 6. The third-order valence-electron chi connectivity index (χ3n) is 5.74. The summed E-state index contributed by atoms with van der Waals surface area (Å²) < 4.78 is 25.5. The Hall–Kier alpha value is -3.66. The van der Waals surface area contributed by atoms with Crippen molar-refractivity contribution >= 4 is 27.1 Å². The van der Waals surface area contributed by atoms with E-state index in [0.717, 1.165) is 23.6 Å². The Labute approximate surface area is 191 Å². The Balaban J connectivity index is 1.39. The van der Waals surface area contributed by atoms with Crippen LogP contribution in [0.15, 0.2) is 71.9 Å². The van der Waals surface area contributed by atoms with Crippen molar-refractivity contribution in [2.24, 2.45) is 0 Å². The molecular weight excluding hydrogens is 444 g/mol. The van der Waals surface area contributed by atoms with E-state index in [0.29, 0.717) is 31.9 Å². The predicted octanol–water partition coefficient (Wildman–Crippen LogP) is 2.68. The van der Waals surface area contributed by atoms with Crippen LogP contribution < -0.4 is 4.90 Å². The highest BCUT2D eigenvalue weighted by molar-refractivity contribution is 7.90. The Morgan fingerprint density at radius 2 is 1.64 bits per heavy atom. The largest absolute Gasteiger partial charge is 0.362 e. The average molecular weight is 469 g/mol. The lowest BCUT2D eigenvalue weighted by Crippen LogP contribution is -2.49. The van der Waals surface area contributed by atoms with Gasteiger partial charge in [-0.15, -0.1) is 0 Å². The van der Waals surface area contributed by atoms with E-state index >= 15 is 0 Å². The van der Waals surface area contributed by atoms with Crippen LogP contribution in [0.1, 0.15) is 5.56 Å². The van der Waals surface area contributed by atoms with Gasteiger partial charge in [-0.3, -0.25) is 14.9 Å². The zero-order valence-electron chi connectivity index (χ0n) is 18.1. The number of amides is 1. The van der Waals surface area contributed by atoms with Crippen LogP contribution >= 0.6 is 0 Å². The highest BCUT2D eigenvalue weighted by atomic mass is 32.2. The standard InChI is InChI=1S/C23H24N4O5S/c1-33(31,32)20-8-9-21(22(17-20)27(29)30)25-12-14-26(15-13-25)23(28)16-18-4-6-19(7-5-18)24-10-2-3-11-24/h2-11,17H,12-16H2,1H3. The van der Waals surface area contributed by atoms with Crippen LogP contribution in [-0.2, 0) is 21.1 Å². The maximum atomic E-state index is 12.8. The van der Waals surface area contributed by atoms with Gasteiger partial charge < -0.3 is 14.4 Å². The van der Waals surface area contributed by atoms with Gasteiger partial charge in [0, 0.05) is 56.6 Å². The quantitative estimate of drug-likeness (QED) is 0.407. The molecule has 1 aliphatic heterocycles. The lowest BCUT2D eigenvalue weighted by molar-refractivity contribution is -0.384. The number of anilines is 1. The molecule has 1 amide bonds. The highest BCUT2D eigenvalue weighted by Crippen LogP contribution is 2.31. The van der Waals surface area contributed by atoms with Gasteiger partial charge in [-0.2, -0.15) is 0 Å². The molecule has 172 valence electrons. The molecule has 0 unspecified atom stereocenters. The van der Waals surface area contributed by atoms with E-state index < -0.39 is 14.8 Å². The number of carbonyl (C=O) groups is 1. The Morgan fingerprint density at radius 1 is 1.00 bits per heavy atom. The molecule has 0 spiro atoms. The Kier molecular flexibility index (Phi) is 6.19.